The Hall–Kier alpha value is -0.390. The molecule has 0 aliphatic carbocycles. The molecule has 0 spiro atoms. The molecule has 1 N–H and O–H groups in total. The third kappa shape index (κ3) is 2.56. The summed E-state index contributed by atoms with van der Waals surface area (Å²) in [4.78, 5) is 15.3. The summed E-state index contributed by atoms with van der Waals surface area (Å²) >= 11 is 4.99. The molecule has 2 rings (SSSR count). The zero-order valence-corrected chi connectivity index (χ0v) is 12.7. The average Bonchev–Trinajstić information content (AvgIpc) is 2.58. The van der Waals surface area contributed by atoms with Crippen molar-refractivity contribution in [1.82, 2.24) is 10.2 Å². The van der Waals surface area contributed by atoms with Crippen molar-refractivity contribution in [3.05, 3.63) is 20.3 Å². The summed E-state index contributed by atoms with van der Waals surface area (Å²) in [5.74, 6) is 0.148. The van der Waals surface area contributed by atoms with E-state index in [1.54, 1.807) is 0 Å². The van der Waals surface area contributed by atoms with E-state index >= 15 is 0 Å². The summed E-state index contributed by atoms with van der Waals surface area (Å²) in [6, 6.07) is 1.97. The normalized spacial score (nSPS) is 19.4. The molecule has 1 fully saturated rings. The maximum Gasteiger partial charge on any atom is 0.264 e. The number of rotatable bonds is 1. The van der Waals surface area contributed by atoms with Crippen molar-refractivity contribution in [2.24, 2.45) is 0 Å². The predicted octanol–water partition coefficient (Wildman–Crippen LogP) is 2.64. The first kappa shape index (κ1) is 13.1. The maximum atomic E-state index is 12.5. The number of nitrogens with one attached hydrogen (secondary N) is 1. The fourth-order valence-electron chi connectivity index (χ4n) is 2.06. The molecule has 0 radical (unpaired) electrons. The van der Waals surface area contributed by atoms with E-state index in [0.717, 1.165) is 33.9 Å². The van der Waals surface area contributed by atoms with Crippen LogP contribution in [0.3, 0.4) is 0 Å². The number of hydrogen-bond donors (Lipinski definition) is 1. The van der Waals surface area contributed by atoms with Gasteiger partial charge in [0.05, 0.1) is 14.2 Å². The SMILES string of the molecule is Cc1cc(C(=O)N2CCNCC2(C)C)sc1Br. The number of thiophene rings is 1. The minimum absolute atomic E-state index is 0.111. The van der Waals surface area contributed by atoms with Crippen LogP contribution in [0.15, 0.2) is 9.85 Å². The zero-order valence-electron chi connectivity index (χ0n) is 10.3. The van der Waals surface area contributed by atoms with Crippen LogP contribution in [0.2, 0.25) is 0 Å². The van der Waals surface area contributed by atoms with Gasteiger partial charge in [0.15, 0.2) is 0 Å². The van der Waals surface area contributed by atoms with Gasteiger partial charge in [-0.15, -0.1) is 11.3 Å². The largest absolute Gasteiger partial charge is 0.330 e. The standard InChI is InChI=1S/C12H17BrN2OS/c1-8-6-9(17-10(8)13)11(16)15-5-4-14-7-12(15,2)3/h6,14H,4-5,7H2,1-3H3. The van der Waals surface area contributed by atoms with Crippen LogP contribution in [0.4, 0.5) is 0 Å². The molecule has 17 heavy (non-hydrogen) atoms. The minimum atomic E-state index is -0.111. The highest BCUT2D eigenvalue weighted by atomic mass is 79.9. The van der Waals surface area contributed by atoms with Crippen LogP contribution in [0.25, 0.3) is 0 Å². The van der Waals surface area contributed by atoms with Gasteiger partial charge in [-0.25, -0.2) is 0 Å². The molecular weight excluding hydrogens is 300 g/mol. The number of hydrogen-bond acceptors (Lipinski definition) is 3. The van der Waals surface area contributed by atoms with Crippen molar-refractivity contribution in [2.75, 3.05) is 19.6 Å². The lowest BCUT2D eigenvalue weighted by Gasteiger charge is -2.42. The van der Waals surface area contributed by atoms with Gasteiger partial charge in [0, 0.05) is 19.6 Å². The number of carbonyl (C=O) groups excluding carboxylic acids is 1. The quantitative estimate of drug-likeness (QED) is 0.864. The Bertz CT molecular complexity index is 422. The molecule has 1 amide bonds. The van der Waals surface area contributed by atoms with Crippen molar-refractivity contribution in [3.63, 3.8) is 0 Å². The fraction of sp³-hybridized carbons (Fsp3) is 0.583. The van der Waals surface area contributed by atoms with Crippen LogP contribution in [0.5, 0.6) is 0 Å². The molecule has 2 heterocycles. The van der Waals surface area contributed by atoms with E-state index in [2.05, 4.69) is 35.1 Å². The van der Waals surface area contributed by atoms with Crippen molar-refractivity contribution < 1.29 is 4.79 Å². The highest BCUT2D eigenvalue weighted by Crippen LogP contribution is 2.30. The van der Waals surface area contributed by atoms with Crippen molar-refractivity contribution >= 4 is 33.2 Å². The van der Waals surface area contributed by atoms with E-state index in [1.807, 2.05) is 17.9 Å². The molecule has 1 aromatic heterocycles. The average molecular weight is 317 g/mol. The summed E-state index contributed by atoms with van der Waals surface area (Å²) < 4.78 is 1.05. The van der Waals surface area contributed by atoms with Crippen LogP contribution in [0, 0.1) is 6.92 Å². The molecular formula is C12H17BrN2OS. The number of amides is 1. The number of piperazine rings is 1. The Balaban J connectivity index is 2.24. The molecule has 5 heteroatoms. The molecule has 0 unspecified atom stereocenters. The third-order valence-corrected chi connectivity index (χ3v) is 5.24. The van der Waals surface area contributed by atoms with E-state index in [4.69, 9.17) is 0 Å². The van der Waals surface area contributed by atoms with Crippen LogP contribution in [0.1, 0.15) is 29.1 Å². The first-order chi connectivity index (χ1) is 7.92. The number of aryl methyl sites for hydroxylation is 1. The Kier molecular flexibility index (Phi) is 3.61. The van der Waals surface area contributed by atoms with Gasteiger partial charge in [-0.05, 0) is 48.3 Å². The van der Waals surface area contributed by atoms with E-state index in [0.29, 0.717) is 0 Å². The van der Waals surface area contributed by atoms with Gasteiger partial charge in [0.1, 0.15) is 0 Å². The first-order valence-corrected chi connectivity index (χ1v) is 7.31. The summed E-state index contributed by atoms with van der Waals surface area (Å²) in [5.41, 5.74) is 1.02. The second-order valence-electron chi connectivity index (χ2n) is 5.01. The molecule has 94 valence electrons. The molecule has 0 bridgehead atoms. The van der Waals surface area contributed by atoms with Crippen LogP contribution < -0.4 is 5.32 Å². The van der Waals surface area contributed by atoms with E-state index in [1.165, 1.54) is 11.3 Å². The van der Waals surface area contributed by atoms with Crippen LogP contribution >= 0.6 is 27.3 Å². The van der Waals surface area contributed by atoms with Gasteiger partial charge in [0.2, 0.25) is 0 Å². The monoisotopic (exact) mass is 316 g/mol. The van der Waals surface area contributed by atoms with E-state index in [9.17, 15) is 4.79 Å². The van der Waals surface area contributed by atoms with Crippen molar-refractivity contribution in [3.8, 4) is 0 Å². The van der Waals surface area contributed by atoms with Crippen molar-refractivity contribution in [2.45, 2.75) is 26.3 Å². The van der Waals surface area contributed by atoms with E-state index in [-0.39, 0.29) is 11.4 Å². The minimum Gasteiger partial charge on any atom is -0.330 e. The predicted molar refractivity (Wildman–Crippen MR) is 74.7 cm³/mol. The van der Waals surface area contributed by atoms with Gasteiger partial charge >= 0.3 is 0 Å². The maximum absolute atomic E-state index is 12.5. The topological polar surface area (TPSA) is 32.3 Å². The zero-order chi connectivity index (χ0) is 12.6. The molecule has 0 saturated carbocycles. The fourth-order valence-corrected chi connectivity index (χ4v) is 3.54. The van der Waals surface area contributed by atoms with Gasteiger partial charge in [-0.3, -0.25) is 4.79 Å². The molecule has 1 aliphatic heterocycles. The van der Waals surface area contributed by atoms with Gasteiger partial charge < -0.3 is 10.2 Å². The highest BCUT2D eigenvalue weighted by molar-refractivity contribution is 9.11. The van der Waals surface area contributed by atoms with Crippen molar-refractivity contribution in [1.29, 1.82) is 0 Å². The molecule has 1 aliphatic rings. The molecule has 3 nitrogen and oxygen atoms in total. The van der Waals surface area contributed by atoms with Crippen LogP contribution in [-0.4, -0.2) is 36.0 Å². The lowest BCUT2D eigenvalue weighted by atomic mass is 10.00. The Morgan fingerprint density at radius 3 is 2.82 bits per heavy atom. The summed E-state index contributed by atoms with van der Waals surface area (Å²) in [6.45, 7) is 8.73. The van der Waals surface area contributed by atoms with Gasteiger partial charge in [0.25, 0.3) is 5.91 Å². The third-order valence-electron chi connectivity index (χ3n) is 3.11. The Morgan fingerprint density at radius 2 is 2.29 bits per heavy atom. The lowest BCUT2D eigenvalue weighted by molar-refractivity contribution is 0.0482. The Morgan fingerprint density at radius 1 is 1.59 bits per heavy atom. The summed E-state index contributed by atoms with van der Waals surface area (Å²) in [7, 11) is 0. The number of carbonyl (C=O) groups is 1. The lowest BCUT2D eigenvalue weighted by Crippen LogP contribution is -2.59. The smallest absolute Gasteiger partial charge is 0.264 e. The molecule has 0 aromatic carbocycles. The van der Waals surface area contributed by atoms with Crippen LogP contribution in [-0.2, 0) is 0 Å². The molecule has 1 aromatic rings. The number of halogens is 1. The van der Waals surface area contributed by atoms with Gasteiger partial charge in [-0.2, -0.15) is 0 Å². The number of nitrogens with zero attached hydrogens (tertiary/aromatic N) is 1. The van der Waals surface area contributed by atoms with E-state index < -0.39 is 0 Å². The second-order valence-corrected chi connectivity index (χ2v) is 7.38. The summed E-state index contributed by atoms with van der Waals surface area (Å²) in [6.07, 6.45) is 0. The molecule has 1 saturated heterocycles. The Labute approximate surface area is 114 Å². The first-order valence-electron chi connectivity index (χ1n) is 5.70. The van der Waals surface area contributed by atoms with Gasteiger partial charge in [-0.1, -0.05) is 0 Å². The summed E-state index contributed by atoms with van der Waals surface area (Å²) in [5, 5.41) is 3.33. The highest BCUT2D eigenvalue weighted by Gasteiger charge is 2.34. The second kappa shape index (κ2) is 4.71. The molecule has 0 atom stereocenters.